The fourth-order valence-electron chi connectivity index (χ4n) is 4.89. The predicted octanol–water partition coefficient (Wildman–Crippen LogP) is 0.606. The molecule has 4 N–H and O–H groups in total. The Morgan fingerprint density at radius 3 is 2.58 bits per heavy atom. The van der Waals surface area contributed by atoms with Gasteiger partial charge in [0.25, 0.3) is 0 Å². The molecule has 16 heteroatoms. The molecule has 0 bridgehead atoms. The molecule has 2 amide bonds. The van der Waals surface area contributed by atoms with E-state index < -0.39 is 46.2 Å². The summed E-state index contributed by atoms with van der Waals surface area (Å²) in [7, 11) is -3.34. The van der Waals surface area contributed by atoms with Crippen molar-refractivity contribution in [2.75, 3.05) is 39.9 Å². The number of esters is 2. The van der Waals surface area contributed by atoms with Crippen LogP contribution in [-0.2, 0) is 33.9 Å². The normalized spacial score (nSPS) is 17.4. The Balaban J connectivity index is 0.00000645. The number of nitrogens with two attached hydrogens (primary N) is 1. The highest BCUT2D eigenvalue weighted by molar-refractivity contribution is 7.89. The molecule has 1 aliphatic heterocycles. The lowest BCUT2D eigenvalue weighted by Crippen LogP contribution is -2.52. The summed E-state index contributed by atoms with van der Waals surface area (Å²) in [5.74, 6) is 2.85. The Morgan fingerprint density at radius 2 is 1.93 bits per heavy atom. The number of nitrogens with one attached hydrogen (secondary N) is 2. The monoisotopic (exact) mass is 644 g/mol. The summed E-state index contributed by atoms with van der Waals surface area (Å²) in [6.45, 7) is 3.65. The summed E-state index contributed by atoms with van der Waals surface area (Å²) < 4.78 is 39.1. The zero-order valence-corrected chi connectivity index (χ0v) is 26.0. The van der Waals surface area contributed by atoms with Crippen LogP contribution in [0.4, 0.5) is 0 Å². The van der Waals surface area contributed by atoms with Gasteiger partial charge in [0.2, 0.25) is 21.8 Å². The maximum atomic E-state index is 13.8. The van der Waals surface area contributed by atoms with Crippen molar-refractivity contribution in [2.45, 2.75) is 62.4 Å². The number of carbonyl (C=O) groups excluding carboxylic acids is 4. The molecular formula is C27H41ClN6O8S. The van der Waals surface area contributed by atoms with Crippen LogP contribution in [-0.4, -0.2) is 100 Å². The number of likely N-dealkylation sites (tertiary alicyclic amines) is 1. The number of carbonyl (C=O) groups is 4. The summed E-state index contributed by atoms with van der Waals surface area (Å²) in [4.78, 5) is 54.1. The van der Waals surface area contributed by atoms with E-state index in [-0.39, 0.29) is 54.4 Å². The lowest BCUT2D eigenvalue weighted by Gasteiger charge is -2.31. The van der Waals surface area contributed by atoms with Gasteiger partial charge in [-0.05, 0) is 50.7 Å². The van der Waals surface area contributed by atoms with Crippen LogP contribution in [0.25, 0.3) is 0 Å². The van der Waals surface area contributed by atoms with Crippen LogP contribution in [0.1, 0.15) is 55.8 Å². The second-order valence-corrected chi connectivity index (χ2v) is 11.9. The van der Waals surface area contributed by atoms with E-state index in [2.05, 4.69) is 15.1 Å². The first-order valence-electron chi connectivity index (χ1n) is 14.0. The van der Waals surface area contributed by atoms with Crippen molar-refractivity contribution >= 4 is 52.5 Å². The van der Waals surface area contributed by atoms with Crippen molar-refractivity contribution in [1.82, 2.24) is 19.8 Å². The molecule has 0 unspecified atom stereocenters. The van der Waals surface area contributed by atoms with Crippen molar-refractivity contribution in [1.29, 1.82) is 0 Å². The van der Waals surface area contributed by atoms with Gasteiger partial charge in [-0.15, -0.1) is 12.4 Å². The minimum Gasteiger partial charge on any atom is -0.466 e. The van der Waals surface area contributed by atoms with Gasteiger partial charge in [0.05, 0.1) is 37.0 Å². The number of sulfonamides is 1. The number of amides is 2. The topological polar surface area (TPSA) is 190 Å². The molecule has 43 heavy (non-hydrogen) atoms. The highest BCUT2D eigenvalue weighted by Crippen LogP contribution is 2.28. The smallest absolute Gasteiger partial charge is 0.339 e. The first-order valence-corrected chi connectivity index (χ1v) is 15.5. The quantitative estimate of drug-likeness (QED) is 0.0802. The Kier molecular flexibility index (Phi) is 14.1. The Bertz CT molecular complexity index is 1260. The van der Waals surface area contributed by atoms with Crippen molar-refractivity contribution in [3.63, 3.8) is 0 Å². The summed E-state index contributed by atoms with van der Waals surface area (Å²) in [5, 5.41) is 6.37. The first kappa shape index (κ1) is 35.8. The van der Waals surface area contributed by atoms with E-state index in [1.54, 1.807) is 13.3 Å². The van der Waals surface area contributed by atoms with Crippen molar-refractivity contribution in [3.8, 4) is 0 Å². The van der Waals surface area contributed by atoms with Gasteiger partial charge in [-0.3, -0.25) is 14.4 Å². The maximum Gasteiger partial charge on any atom is 0.339 e. The number of methoxy groups -OCH3 is 1. The molecule has 1 saturated heterocycles. The van der Waals surface area contributed by atoms with Gasteiger partial charge < -0.3 is 30.4 Å². The predicted molar refractivity (Wildman–Crippen MR) is 160 cm³/mol. The molecule has 1 aromatic carbocycles. The number of piperidine rings is 1. The van der Waals surface area contributed by atoms with Gasteiger partial charge >= 0.3 is 11.9 Å². The molecule has 0 aromatic heterocycles. The number of ether oxygens (including phenoxy) is 2. The molecule has 1 aliphatic carbocycles. The molecule has 240 valence electrons. The fourth-order valence-corrected chi connectivity index (χ4v) is 6.28. The summed E-state index contributed by atoms with van der Waals surface area (Å²) in [5.41, 5.74) is -0.215. The summed E-state index contributed by atoms with van der Waals surface area (Å²) in [6.07, 6.45) is 4.14. The van der Waals surface area contributed by atoms with E-state index in [0.29, 0.717) is 25.9 Å². The Labute approximate surface area is 258 Å². The number of halogens is 1. The number of benzene rings is 1. The number of hydrogen-bond acceptors (Lipinski definition) is 10. The van der Waals surface area contributed by atoms with Crippen molar-refractivity contribution in [2.24, 2.45) is 16.9 Å². The molecule has 1 aromatic rings. The van der Waals surface area contributed by atoms with Gasteiger partial charge in [-0.25, -0.2) is 13.2 Å². The molecule has 2 fully saturated rings. The molecule has 2 atom stereocenters. The van der Waals surface area contributed by atoms with Crippen LogP contribution in [0.3, 0.4) is 0 Å². The van der Waals surface area contributed by atoms with Crippen LogP contribution < -0.4 is 15.9 Å². The highest BCUT2D eigenvalue weighted by Gasteiger charge is 2.39. The summed E-state index contributed by atoms with van der Waals surface area (Å²) in [6, 6.07) is 3.76. The third kappa shape index (κ3) is 10.7. The van der Waals surface area contributed by atoms with Crippen LogP contribution in [0.15, 0.2) is 34.3 Å². The van der Waals surface area contributed by atoms with Gasteiger partial charge in [0.1, 0.15) is 12.4 Å². The standard InChI is InChI=1S/C27H40N6O8S.ClH/c1-3-41-25(35)12-14-33(20-10-11-20)26(36)22(15-24(34)29-16-19-7-6-13-32(17-19)18-30-28)31-42(38,39)23-9-5-4-8-21(23)27(37)40-2;/h4-5,8-9,18-20,22,31H,3,6-7,10-17,28H2,1-2H3,(H,29,34);1H/t19-,22-;/m0./s1. The lowest BCUT2D eigenvalue weighted by atomic mass is 9.98. The average Bonchev–Trinajstić information content (AvgIpc) is 3.81. The second kappa shape index (κ2) is 17.0. The number of hydrogen-bond donors (Lipinski definition) is 3. The molecule has 0 radical (unpaired) electrons. The van der Waals surface area contributed by atoms with Crippen LogP contribution in [0.5, 0.6) is 0 Å². The Hall–Kier alpha value is -3.43. The van der Waals surface area contributed by atoms with E-state index in [9.17, 15) is 27.6 Å². The zero-order valence-electron chi connectivity index (χ0n) is 24.4. The Morgan fingerprint density at radius 1 is 1.21 bits per heavy atom. The van der Waals surface area contributed by atoms with Gasteiger partial charge in [0.15, 0.2) is 0 Å². The van der Waals surface area contributed by atoms with Crippen molar-refractivity contribution < 1.29 is 37.1 Å². The molecule has 0 spiro atoms. The van der Waals surface area contributed by atoms with Crippen LogP contribution in [0, 0.1) is 5.92 Å². The molecule has 1 saturated carbocycles. The summed E-state index contributed by atoms with van der Waals surface area (Å²) >= 11 is 0. The molecular weight excluding hydrogens is 604 g/mol. The van der Waals surface area contributed by atoms with Crippen LogP contribution >= 0.6 is 12.4 Å². The van der Waals surface area contributed by atoms with E-state index in [1.807, 2.05) is 4.90 Å². The molecule has 1 heterocycles. The second-order valence-electron chi connectivity index (χ2n) is 10.3. The molecule has 3 rings (SSSR count). The van der Waals surface area contributed by atoms with E-state index >= 15 is 0 Å². The average molecular weight is 645 g/mol. The van der Waals surface area contributed by atoms with Gasteiger partial charge in [0, 0.05) is 32.2 Å². The minimum absolute atomic E-state index is 0. The number of nitrogens with zero attached hydrogens (tertiary/aromatic N) is 3. The number of hydrazone groups is 1. The number of rotatable bonds is 15. The largest absolute Gasteiger partial charge is 0.466 e. The third-order valence-corrected chi connectivity index (χ3v) is 8.60. The SMILES string of the molecule is CCOC(=O)CCN(C(=O)[C@H](CC(=O)NC[C@@H]1CCCN(C=NN)C1)NS(=O)(=O)c1ccccc1C(=O)OC)C1CC1.Cl. The van der Waals surface area contributed by atoms with E-state index in [4.69, 9.17) is 15.3 Å². The lowest BCUT2D eigenvalue weighted by molar-refractivity contribution is -0.144. The van der Waals surface area contributed by atoms with Crippen LogP contribution in [0.2, 0.25) is 0 Å². The molecule has 2 aliphatic rings. The zero-order chi connectivity index (χ0) is 30.7. The fraction of sp³-hybridized carbons (Fsp3) is 0.593. The molecule has 14 nitrogen and oxygen atoms in total. The van der Waals surface area contributed by atoms with E-state index in [0.717, 1.165) is 26.5 Å². The maximum absolute atomic E-state index is 13.8. The van der Waals surface area contributed by atoms with E-state index in [1.165, 1.54) is 29.2 Å². The highest BCUT2D eigenvalue weighted by atomic mass is 35.5. The van der Waals surface area contributed by atoms with Gasteiger partial charge in [-0.2, -0.15) is 9.82 Å². The third-order valence-electron chi connectivity index (χ3n) is 7.07. The first-order chi connectivity index (χ1) is 20.1. The van der Waals surface area contributed by atoms with Crippen molar-refractivity contribution in [3.05, 3.63) is 29.8 Å². The minimum atomic E-state index is -4.47. The van der Waals surface area contributed by atoms with Gasteiger partial charge in [-0.1, -0.05) is 12.1 Å².